The van der Waals surface area contributed by atoms with Crippen LogP contribution in [0.1, 0.15) is 39.1 Å². The van der Waals surface area contributed by atoms with Crippen LogP contribution in [0.15, 0.2) is 48.5 Å². The van der Waals surface area contributed by atoms with Gasteiger partial charge in [-0.25, -0.2) is 0 Å². The first-order valence-electron chi connectivity index (χ1n) is 7.50. The van der Waals surface area contributed by atoms with Crippen LogP contribution >= 0.6 is 11.6 Å². The third-order valence-electron chi connectivity index (χ3n) is 3.46. The monoisotopic (exact) mass is 344 g/mol. The van der Waals surface area contributed by atoms with Crippen LogP contribution in [0.4, 0.5) is 0 Å². The average molecular weight is 345 g/mol. The topological polar surface area (TPSA) is 60.4 Å². The molecule has 124 valence electrons. The summed E-state index contributed by atoms with van der Waals surface area (Å²) in [4.78, 5) is 35.5. The first-order valence-corrected chi connectivity index (χ1v) is 7.88. The van der Waals surface area contributed by atoms with Crippen LogP contribution < -0.4 is 0 Å². The van der Waals surface area contributed by atoms with E-state index >= 15 is 0 Å². The number of benzene rings is 2. The molecule has 0 aromatic heterocycles. The summed E-state index contributed by atoms with van der Waals surface area (Å²) in [6.07, 6.45) is -0.00234. The SMILES string of the molecule is Cc1ccc(C(=O)CCC(=O)OCC(=O)c2ccc(Cl)cc2)cc1. The lowest BCUT2D eigenvalue weighted by Gasteiger charge is -2.05. The summed E-state index contributed by atoms with van der Waals surface area (Å²) < 4.78 is 4.92. The molecule has 0 saturated heterocycles. The van der Waals surface area contributed by atoms with Crippen LogP contribution in [0.5, 0.6) is 0 Å². The van der Waals surface area contributed by atoms with E-state index in [1.807, 2.05) is 19.1 Å². The van der Waals surface area contributed by atoms with E-state index in [4.69, 9.17) is 16.3 Å². The number of ether oxygens (including phenoxy) is 1. The van der Waals surface area contributed by atoms with E-state index in [0.29, 0.717) is 16.1 Å². The summed E-state index contributed by atoms with van der Waals surface area (Å²) in [5, 5.41) is 0.526. The third-order valence-corrected chi connectivity index (χ3v) is 3.71. The number of hydrogen-bond acceptors (Lipinski definition) is 4. The lowest BCUT2D eigenvalue weighted by molar-refractivity contribution is -0.142. The van der Waals surface area contributed by atoms with Crippen molar-refractivity contribution in [2.24, 2.45) is 0 Å². The highest BCUT2D eigenvalue weighted by Crippen LogP contribution is 2.11. The fourth-order valence-electron chi connectivity index (χ4n) is 2.04. The van der Waals surface area contributed by atoms with Gasteiger partial charge in [-0.3, -0.25) is 14.4 Å². The van der Waals surface area contributed by atoms with Gasteiger partial charge in [0.1, 0.15) is 0 Å². The maximum atomic E-state index is 12.0. The number of hydrogen-bond donors (Lipinski definition) is 0. The molecular weight excluding hydrogens is 328 g/mol. The van der Waals surface area contributed by atoms with E-state index in [1.54, 1.807) is 36.4 Å². The first kappa shape index (κ1) is 17.9. The summed E-state index contributed by atoms with van der Waals surface area (Å²) in [6.45, 7) is 1.59. The van der Waals surface area contributed by atoms with Crippen molar-refractivity contribution in [3.63, 3.8) is 0 Å². The Hall–Kier alpha value is -2.46. The highest BCUT2D eigenvalue weighted by Gasteiger charge is 2.13. The molecule has 2 aromatic carbocycles. The smallest absolute Gasteiger partial charge is 0.306 e. The Bertz CT molecular complexity index is 669. The third kappa shape index (κ3) is 5.32. The molecule has 0 amide bonds. The normalized spacial score (nSPS) is 10.2. The van der Waals surface area contributed by atoms with Crippen LogP contribution in [-0.4, -0.2) is 24.1 Å². The quantitative estimate of drug-likeness (QED) is 0.562. The van der Waals surface area contributed by atoms with Crippen LogP contribution in [0.25, 0.3) is 0 Å². The van der Waals surface area contributed by atoms with Gasteiger partial charge in [-0.15, -0.1) is 0 Å². The van der Waals surface area contributed by atoms with Gasteiger partial charge >= 0.3 is 5.97 Å². The largest absolute Gasteiger partial charge is 0.457 e. The van der Waals surface area contributed by atoms with Crippen molar-refractivity contribution in [2.75, 3.05) is 6.61 Å². The highest BCUT2D eigenvalue weighted by molar-refractivity contribution is 6.30. The molecule has 0 heterocycles. The molecule has 0 aliphatic carbocycles. The Morgan fingerprint density at radius 1 is 0.833 bits per heavy atom. The highest BCUT2D eigenvalue weighted by atomic mass is 35.5. The summed E-state index contributed by atoms with van der Waals surface area (Å²) in [7, 11) is 0. The number of aryl methyl sites for hydroxylation is 1. The predicted molar refractivity (Wildman–Crippen MR) is 91.5 cm³/mol. The molecule has 0 saturated carbocycles. The average Bonchev–Trinajstić information content (AvgIpc) is 2.58. The number of ketones is 2. The maximum Gasteiger partial charge on any atom is 0.306 e. The lowest BCUT2D eigenvalue weighted by atomic mass is 10.1. The van der Waals surface area contributed by atoms with Crippen molar-refractivity contribution in [1.29, 1.82) is 0 Å². The second-order valence-electron chi connectivity index (χ2n) is 5.38. The van der Waals surface area contributed by atoms with E-state index in [-0.39, 0.29) is 31.0 Å². The van der Waals surface area contributed by atoms with Crippen LogP contribution in [0.2, 0.25) is 5.02 Å². The fraction of sp³-hybridized carbons (Fsp3) is 0.211. The standard InChI is InChI=1S/C19H17ClO4/c1-13-2-4-14(5-3-13)17(21)10-11-19(23)24-12-18(22)15-6-8-16(20)9-7-15/h2-9H,10-12H2,1H3. The number of Topliss-reactive ketones (excluding diaryl/α,β-unsaturated/α-hetero) is 2. The van der Waals surface area contributed by atoms with Gasteiger partial charge in [-0.05, 0) is 31.2 Å². The zero-order valence-electron chi connectivity index (χ0n) is 13.3. The Morgan fingerprint density at radius 2 is 1.38 bits per heavy atom. The zero-order chi connectivity index (χ0) is 17.5. The van der Waals surface area contributed by atoms with Crippen molar-refractivity contribution in [1.82, 2.24) is 0 Å². The summed E-state index contributed by atoms with van der Waals surface area (Å²) in [5.41, 5.74) is 2.04. The molecule has 2 rings (SSSR count). The van der Waals surface area contributed by atoms with Gasteiger partial charge in [-0.1, -0.05) is 41.4 Å². The fourth-order valence-corrected chi connectivity index (χ4v) is 2.16. The van der Waals surface area contributed by atoms with Gasteiger partial charge in [0.25, 0.3) is 0 Å². The van der Waals surface area contributed by atoms with E-state index in [2.05, 4.69) is 0 Å². The van der Waals surface area contributed by atoms with Crippen molar-refractivity contribution in [3.05, 3.63) is 70.2 Å². The molecule has 0 bridgehead atoms. The molecule has 2 aromatic rings. The molecule has 0 N–H and O–H groups in total. The summed E-state index contributed by atoms with van der Waals surface area (Å²) in [5.74, 6) is -1.02. The van der Waals surface area contributed by atoms with Crippen molar-refractivity contribution < 1.29 is 19.1 Å². The van der Waals surface area contributed by atoms with Gasteiger partial charge in [0.05, 0.1) is 6.42 Å². The Labute approximate surface area is 145 Å². The molecule has 4 nitrogen and oxygen atoms in total. The number of carbonyl (C=O) groups is 3. The molecule has 0 aliphatic rings. The Balaban J connectivity index is 1.77. The van der Waals surface area contributed by atoms with Crippen molar-refractivity contribution in [3.8, 4) is 0 Å². The van der Waals surface area contributed by atoms with Crippen LogP contribution in [-0.2, 0) is 9.53 Å². The number of carbonyl (C=O) groups excluding carboxylic acids is 3. The van der Waals surface area contributed by atoms with Gasteiger partial charge in [0.2, 0.25) is 0 Å². The van der Waals surface area contributed by atoms with E-state index in [1.165, 1.54) is 0 Å². The van der Waals surface area contributed by atoms with E-state index in [0.717, 1.165) is 5.56 Å². The van der Waals surface area contributed by atoms with Crippen LogP contribution in [0.3, 0.4) is 0 Å². The van der Waals surface area contributed by atoms with Gasteiger partial charge in [-0.2, -0.15) is 0 Å². The van der Waals surface area contributed by atoms with Gasteiger partial charge in [0, 0.05) is 22.6 Å². The lowest BCUT2D eigenvalue weighted by Crippen LogP contribution is -2.15. The molecule has 0 unspecified atom stereocenters. The van der Waals surface area contributed by atoms with Gasteiger partial charge in [0.15, 0.2) is 18.2 Å². The zero-order valence-corrected chi connectivity index (χ0v) is 14.0. The predicted octanol–water partition coefficient (Wildman–Crippen LogP) is 4.04. The molecule has 0 spiro atoms. The molecule has 0 radical (unpaired) electrons. The molecular formula is C19H17ClO4. The van der Waals surface area contributed by atoms with Gasteiger partial charge < -0.3 is 4.74 Å². The maximum absolute atomic E-state index is 12.0. The van der Waals surface area contributed by atoms with Crippen molar-refractivity contribution in [2.45, 2.75) is 19.8 Å². The minimum atomic E-state index is -0.572. The molecule has 0 fully saturated rings. The number of rotatable bonds is 7. The van der Waals surface area contributed by atoms with Crippen LogP contribution in [0, 0.1) is 6.92 Å². The molecule has 0 atom stereocenters. The Kier molecular flexibility index (Phi) is 6.27. The molecule has 5 heteroatoms. The van der Waals surface area contributed by atoms with E-state index < -0.39 is 5.97 Å². The summed E-state index contributed by atoms with van der Waals surface area (Å²) >= 11 is 5.75. The first-order chi connectivity index (χ1) is 11.5. The molecule has 0 aliphatic heterocycles. The number of halogens is 1. The summed E-state index contributed by atoms with van der Waals surface area (Å²) in [6, 6.07) is 13.5. The minimum absolute atomic E-state index is 0.0526. The second kappa shape index (κ2) is 8.41. The Morgan fingerprint density at radius 3 is 2.00 bits per heavy atom. The second-order valence-corrected chi connectivity index (χ2v) is 5.82. The number of esters is 1. The molecule has 24 heavy (non-hydrogen) atoms. The van der Waals surface area contributed by atoms with E-state index in [9.17, 15) is 14.4 Å². The minimum Gasteiger partial charge on any atom is -0.457 e. The van der Waals surface area contributed by atoms with Crippen molar-refractivity contribution >= 4 is 29.1 Å².